The van der Waals surface area contributed by atoms with Gasteiger partial charge < -0.3 is 4.74 Å². The Morgan fingerprint density at radius 2 is 1.93 bits per heavy atom. The molecule has 2 aromatic carbocycles. The summed E-state index contributed by atoms with van der Waals surface area (Å²) in [4.78, 5) is 30.8. The van der Waals surface area contributed by atoms with Crippen molar-refractivity contribution in [1.82, 2.24) is 4.57 Å². The molecule has 4 rings (SSSR count). The molecule has 0 spiro atoms. The molecule has 8 heteroatoms. The number of carbonyl (C=O) groups is 1. The van der Waals surface area contributed by atoms with Gasteiger partial charge in [0.2, 0.25) is 0 Å². The van der Waals surface area contributed by atoms with Gasteiger partial charge in [0.1, 0.15) is 11.9 Å². The minimum atomic E-state index is -0.801. The average Bonchev–Trinajstić information content (AvgIpc) is 3.03. The maximum absolute atomic E-state index is 14.1. The molecule has 0 fully saturated rings. The van der Waals surface area contributed by atoms with Crippen LogP contribution in [0.2, 0.25) is 5.02 Å². The van der Waals surface area contributed by atoms with E-state index in [9.17, 15) is 14.0 Å². The number of fused-ring (bicyclic) bond motifs is 1. The molecule has 0 radical (unpaired) electrons. The fraction of sp³-hybridized carbons (Fsp3) is 0.136. The van der Waals surface area contributed by atoms with E-state index in [4.69, 9.17) is 16.3 Å². The highest BCUT2D eigenvalue weighted by molar-refractivity contribution is 7.07. The van der Waals surface area contributed by atoms with Crippen molar-refractivity contribution in [3.63, 3.8) is 0 Å². The molecule has 0 saturated heterocycles. The van der Waals surface area contributed by atoms with Gasteiger partial charge in [-0.15, -0.1) is 0 Å². The second kappa shape index (κ2) is 8.01. The van der Waals surface area contributed by atoms with Gasteiger partial charge in [-0.1, -0.05) is 59.3 Å². The summed E-state index contributed by atoms with van der Waals surface area (Å²) in [6.07, 6.45) is 1.49. The van der Waals surface area contributed by atoms with E-state index in [1.165, 1.54) is 23.8 Å². The number of hydrogen-bond acceptors (Lipinski definition) is 5. The van der Waals surface area contributed by atoms with Crippen LogP contribution in [0.25, 0.3) is 6.08 Å². The first-order chi connectivity index (χ1) is 14.4. The van der Waals surface area contributed by atoms with Crippen molar-refractivity contribution < 1.29 is 13.9 Å². The minimum Gasteiger partial charge on any atom is -0.466 e. The van der Waals surface area contributed by atoms with Gasteiger partial charge in [-0.2, -0.15) is 0 Å². The normalized spacial score (nSPS) is 16.3. The van der Waals surface area contributed by atoms with E-state index < -0.39 is 17.8 Å². The summed E-state index contributed by atoms with van der Waals surface area (Å²) in [6, 6.07) is 12.4. The fourth-order valence-corrected chi connectivity index (χ4v) is 4.69. The lowest BCUT2D eigenvalue weighted by atomic mass is 9.96. The van der Waals surface area contributed by atoms with Gasteiger partial charge in [0, 0.05) is 10.6 Å². The zero-order valence-electron chi connectivity index (χ0n) is 16.1. The molecular weight excluding hydrogens is 427 g/mol. The number of carbonyl (C=O) groups excluding carboxylic acids is 1. The number of thiazole rings is 1. The second-order valence-corrected chi connectivity index (χ2v) is 8.03. The molecule has 1 aliphatic heterocycles. The van der Waals surface area contributed by atoms with E-state index in [1.54, 1.807) is 49.4 Å². The van der Waals surface area contributed by atoms with E-state index in [2.05, 4.69) is 4.99 Å². The molecule has 5 nitrogen and oxygen atoms in total. The van der Waals surface area contributed by atoms with Gasteiger partial charge in [0.15, 0.2) is 4.80 Å². The van der Waals surface area contributed by atoms with E-state index in [-0.39, 0.29) is 11.1 Å². The number of allylic oxidation sites excluding steroid dienone is 1. The van der Waals surface area contributed by atoms with Crippen LogP contribution in [0, 0.1) is 5.82 Å². The summed E-state index contributed by atoms with van der Waals surface area (Å²) in [6.45, 7) is 1.68. The predicted molar refractivity (Wildman–Crippen MR) is 114 cm³/mol. The van der Waals surface area contributed by atoms with Gasteiger partial charge in [-0.25, -0.2) is 14.2 Å². The predicted octanol–water partition coefficient (Wildman–Crippen LogP) is 3.20. The largest absolute Gasteiger partial charge is 0.466 e. The number of aromatic nitrogens is 1. The first kappa shape index (κ1) is 20.3. The summed E-state index contributed by atoms with van der Waals surface area (Å²) in [7, 11) is 1.27. The van der Waals surface area contributed by atoms with Crippen LogP contribution in [-0.2, 0) is 9.53 Å². The first-order valence-electron chi connectivity index (χ1n) is 9.02. The fourth-order valence-electron chi connectivity index (χ4n) is 3.42. The number of halogens is 2. The monoisotopic (exact) mass is 442 g/mol. The van der Waals surface area contributed by atoms with Gasteiger partial charge in [-0.05, 0) is 30.7 Å². The Morgan fingerprint density at radius 1 is 1.23 bits per heavy atom. The SMILES string of the molecule is COC(=O)C1=C(C)N=c2s/c(=C/c3ccccc3F)c(=O)n2C1c1ccccc1Cl. The molecule has 0 saturated carbocycles. The van der Waals surface area contributed by atoms with Crippen LogP contribution < -0.4 is 14.9 Å². The van der Waals surface area contributed by atoms with Crippen LogP contribution in [0.1, 0.15) is 24.1 Å². The number of methoxy groups -OCH3 is 1. The van der Waals surface area contributed by atoms with Crippen molar-refractivity contribution >= 4 is 35.0 Å². The standard InChI is InChI=1S/C22H16ClFN2O3S/c1-12-18(21(28)29-2)19(14-8-4-5-9-15(14)23)26-20(27)17(30-22(26)25-12)11-13-7-3-6-10-16(13)24/h3-11,19H,1-2H3/b17-11+. The van der Waals surface area contributed by atoms with E-state index >= 15 is 0 Å². The maximum atomic E-state index is 14.1. The number of benzene rings is 2. The van der Waals surface area contributed by atoms with Crippen molar-refractivity contribution in [2.45, 2.75) is 13.0 Å². The van der Waals surface area contributed by atoms with E-state index in [0.29, 0.717) is 31.2 Å². The van der Waals surface area contributed by atoms with Gasteiger partial charge >= 0.3 is 5.97 Å². The Hall–Kier alpha value is -3.03. The Balaban J connectivity index is 2.03. The van der Waals surface area contributed by atoms with Gasteiger partial charge in [0.05, 0.1) is 22.9 Å². The van der Waals surface area contributed by atoms with Crippen molar-refractivity contribution in [3.8, 4) is 0 Å². The molecule has 1 atom stereocenters. The molecule has 1 unspecified atom stereocenters. The van der Waals surface area contributed by atoms with Crippen LogP contribution in [0.5, 0.6) is 0 Å². The molecule has 30 heavy (non-hydrogen) atoms. The maximum Gasteiger partial charge on any atom is 0.338 e. The molecule has 1 aliphatic rings. The molecule has 3 aromatic rings. The van der Waals surface area contributed by atoms with Crippen molar-refractivity contribution in [2.24, 2.45) is 4.99 Å². The number of ether oxygens (including phenoxy) is 1. The average molecular weight is 443 g/mol. The molecule has 0 aliphatic carbocycles. The number of nitrogens with zero attached hydrogens (tertiary/aromatic N) is 2. The minimum absolute atomic E-state index is 0.232. The van der Waals surface area contributed by atoms with Crippen molar-refractivity contribution in [1.29, 1.82) is 0 Å². The van der Waals surface area contributed by atoms with Crippen LogP contribution in [0.3, 0.4) is 0 Å². The van der Waals surface area contributed by atoms with Crippen LogP contribution in [0.15, 0.2) is 69.6 Å². The van der Waals surface area contributed by atoms with Gasteiger partial charge in [0.25, 0.3) is 5.56 Å². The molecule has 0 amide bonds. The van der Waals surface area contributed by atoms with E-state index in [0.717, 1.165) is 11.3 Å². The van der Waals surface area contributed by atoms with Crippen molar-refractivity contribution in [3.05, 3.63) is 101 Å². The van der Waals surface area contributed by atoms with Crippen molar-refractivity contribution in [2.75, 3.05) is 7.11 Å². The zero-order chi connectivity index (χ0) is 21.4. The molecule has 152 valence electrons. The lowest BCUT2D eigenvalue weighted by Crippen LogP contribution is -2.39. The summed E-state index contributed by atoms with van der Waals surface area (Å²) in [5, 5.41) is 0.405. The number of rotatable bonds is 3. The number of esters is 1. The smallest absolute Gasteiger partial charge is 0.338 e. The zero-order valence-corrected chi connectivity index (χ0v) is 17.6. The summed E-state index contributed by atoms with van der Waals surface area (Å²) in [5.74, 6) is -1.03. The van der Waals surface area contributed by atoms with Gasteiger partial charge in [-0.3, -0.25) is 9.36 Å². The van der Waals surface area contributed by atoms with Crippen LogP contribution >= 0.6 is 22.9 Å². The lowest BCUT2D eigenvalue weighted by Gasteiger charge is -2.25. The Morgan fingerprint density at radius 3 is 2.63 bits per heavy atom. The Labute approximate surface area is 180 Å². The molecular formula is C22H16ClFN2O3S. The number of hydrogen-bond donors (Lipinski definition) is 0. The third-order valence-corrected chi connectivity index (χ3v) is 6.15. The topological polar surface area (TPSA) is 60.7 Å². The summed E-state index contributed by atoms with van der Waals surface area (Å²) in [5.41, 5.74) is 1.15. The van der Waals surface area contributed by atoms with E-state index in [1.807, 2.05) is 0 Å². The summed E-state index contributed by atoms with van der Waals surface area (Å²) < 4.78 is 20.8. The molecule has 2 heterocycles. The van der Waals surface area contributed by atoms with Crippen LogP contribution in [0.4, 0.5) is 4.39 Å². The highest BCUT2D eigenvalue weighted by Crippen LogP contribution is 2.34. The molecule has 0 N–H and O–H groups in total. The van der Waals surface area contributed by atoms with Crippen LogP contribution in [-0.4, -0.2) is 17.6 Å². The molecule has 0 bridgehead atoms. The Kier molecular flexibility index (Phi) is 5.40. The highest BCUT2D eigenvalue weighted by Gasteiger charge is 2.34. The highest BCUT2D eigenvalue weighted by atomic mass is 35.5. The Bertz CT molecular complexity index is 1370. The first-order valence-corrected chi connectivity index (χ1v) is 10.2. The quantitative estimate of drug-likeness (QED) is 0.585. The molecule has 1 aromatic heterocycles. The summed E-state index contributed by atoms with van der Waals surface area (Å²) >= 11 is 7.55. The second-order valence-electron chi connectivity index (χ2n) is 6.62. The third kappa shape index (κ3) is 3.40. The lowest BCUT2D eigenvalue weighted by molar-refractivity contribution is -0.136. The third-order valence-electron chi connectivity index (χ3n) is 4.82.